The van der Waals surface area contributed by atoms with Crippen LogP contribution in [0.2, 0.25) is 0 Å². The Balaban J connectivity index is 0.000000531. The molecule has 0 unspecified atom stereocenters. The fraction of sp³-hybridized carbons (Fsp3) is 1.00. The molecule has 0 spiro atoms. The van der Waals surface area contributed by atoms with Crippen LogP contribution in [0.4, 0.5) is 0 Å². The maximum Gasteiger partial charge on any atom is 0.0499 e. The van der Waals surface area contributed by atoms with Gasteiger partial charge in [-0.15, -0.1) is 0 Å². The third kappa shape index (κ3) is 3.74. The smallest absolute Gasteiger partial charge is 0.0499 e. The molecule has 0 aromatic heterocycles. The Morgan fingerprint density at radius 1 is 1.07 bits per heavy atom. The van der Waals surface area contributed by atoms with Gasteiger partial charge in [-0.3, -0.25) is 0 Å². The molecule has 2 rings (SSSR count). The molecular formula is C12H26N2O. The standard InChI is InChI=1S/C10H20N2O.C2H6/c1-11-4-6-12(7-5-11)8-10(9-13)2-3-10;1-2/h13H,2-9H2,1H3;1-2H3. The molecule has 0 atom stereocenters. The van der Waals surface area contributed by atoms with Gasteiger partial charge in [0.15, 0.2) is 0 Å². The van der Waals surface area contributed by atoms with E-state index in [-0.39, 0.29) is 0 Å². The van der Waals surface area contributed by atoms with Crippen molar-refractivity contribution < 1.29 is 5.11 Å². The maximum atomic E-state index is 9.20. The summed E-state index contributed by atoms with van der Waals surface area (Å²) in [6.07, 6.45) is 2.46. The normalized spacial score (nSPS) is 25.6. The predicted molar refractivity (Wildman–Crippen MR) is 64.0 cm³/mol. The molecule has 0 bridgehead atoms. The molecule has 2 fully saturated rings. The van der Waals surface area contributed by atoms with E-state index >= 15 is 0 Å². The van der Waals surface area contributed by atoms with Crippen molar-refractivity contribution in [2.24, 2.45) is 5.41 Å². The Kier molecular flexibility index (Phi) is 5.03. The summed E-state index contributed by atoms with van der Waals surface area (Å²) in [5.74, 6) is 0. The van der Waals surface area contributed by atoms with Crippen LogP contribution in [0, 0.1) is 5.41 Å². The zero-order chi connectivity index (χ0) is 11.3. The van der Waals surface area contributed by atoms with E-state index in [2.05, 4.69) is 16.8 Å². The second-order valence-electron chi connectivity index (χ2n) is 4.74. The lowest BCUT2D eigenvalue weighted by atomic mass is 10.1. The maximum absolute atomic E-state index is 9.20. The number of likely N-dealkylation sites (N-methyl/N-ethyl adjacent to an activating group) is 1. The summed E-state index contributed by atoms with van der Waals surface area (Å²) in [7, 11) is 2.18. The highest BCUT2D eigenvalue weighted by Gasteiger charge is 2.43. The van der Waals surface area contributed by atoms with E-state index in [9.17, 15) is 5.11 Å². The second-order valence-corrected chi connectivity index (χ2v) is 4.74. The first kappa shape index (κ1) is 12.9. The topological polar surface area (TPSA) is 26.7 Å². The van der Waals surface area contributed by atoms with Crippen molar-refractivity contribution in [1.29, 1.82) is 0 Å². The number of aliphatic hydroxyl groups is 1. The van der Waals surface area contributed by atoms with Crippen LogP contribution in [0.15, 0.2) is 0 Å². The van der Waals surface area contributed by atoms with Crippen LogP contribution in [0.1, 0.15) is 26.7 Å². The molecule has 90 valence electrons. The van der Waals surface area contributed by atoms with Gasteiger partial charge in [0.2, 0.25) is 0 Å². The Morgan fingerprint density at radius 2 is 1.60 bits per heavy atom. The van der Waals surface area contributed by atoms with Crippen molar-refractivity contribution in [2.45, 2.75) is 26.7 Å². The van der Waals surface area contributed by atoms with Gasteiger partial charge in [-0.05, 0) is 19.9 Å². The average molecular weight is 214 g/mol. The van der Waals surface area contributed by atoms with Gasteiger partial charge in [0.1, 0.15) is 0 Å². The molecule has 1 aliphatic heterocycles. The lowest BCUT2D eigenvalue weighted by Gasteiger charge is -2.34. The summed E-state index contributed by atoms with van der Waals surface area (Å²) in [5.41, 5.74) is 0.301. The van der Waals surface area contributed by atoms with Gasteiger partial charge in [0.25, 0.3) is 0 Å². The molecule has 1 N–H and O–H groups in total. The van der Waals surface area contributed by atoms with Gasteiger partial charge in [0, 0.05) is 44.7 Å². The highest BCUT2D eigenvalue weighted by Crippen LogP contribution is 2.45. The third-order valence-corrected chi connectivity index (χ3v) is 3.45. The fourth-order valence-electron chi connectivity index (χ4n) is 2.02. The lowest BCUT2D eigenvalue weighted by Crippen LogP contribution is -2.46. The van der Waals surface area contributed by atoms with Crippen LogP contribution in [-0.4, -0.2) is 61.3 Å². The molecular weight excluding hydrogens is 188 g/mol. The molecule has 2 aliphatic rings. The van der Waals surface area contributed by atoms with Gasteiger partial charge >= 0.3 is 0 Å². The Bertz CT molecular complexity index is 172. The van der Waals surface area contributed by atoms with E-state index in [1.165, 1.54) is 39.0 Å². The number of piperazine rings is 1. The van der Waals surface area contributed by atoms with Gasteiger partial charge < -0.3 is 14.9 Å². The van der Waals surface area contributed by atoms with E-state index < -0.39 is 0 Å². The molecule has 1 saturated heterocycles. The second kappa shape index (κ2) is 5.83. The van der Waals surface area contributed by atoms with Crippen LogP contribution < -0.4 is 0 Å². The van der Waals surface area contributed by atoms with Gasteiger partial charge in [-0.2, -0.15) is 0 Å². The monoisotopic (exact) mass is 214 g/mol. The van der Waals surface area contributed by atoms with Crippen LogP contribution in [0.25, 0.3) is 0 Å². The number of hydrogen-bond acceptors (Lipinski definition) is 3. The molecule has 3 nitrogen and oxygen atoms in total. The fourth-order valence-corrected chi connectivity index (χ4v) is 2.02. The van der Waals surface area contributed by atoms with Crippen LogP contribution in [0.3, 0.4) is 0 Å². The summed E-state index contributed by atoms with van der Waals surface area (Å²) in [4.78, 5) is 4.87. The minimum Gasteiger partial charge on any atom is -0.396 e. The molecule has 15 heavy (non-hydrogen) atoms. The first-order valence-corrected chi connectivity index (χ1v) is 6.26. The molecule has 1 saturated carbocycles. The molecule has 0 aromatic carbocycles. The molecule has 0 amide bonds. The van der Waals surface area contributed by atoms with E-state index in [1.807, 2.05) is 13.8 Å². The largest absolute Gasteiger partial charge is 0.396 e. The summed E-state index contributed by atoms with van der Waals surface area (Å²) in [6, 6.07) is 0. The van der Waals surface area contributed by atoms with Gasteiger partial charge in [-0.25, -0.2) is 0 Å². The lowest BCUT2D eigenvalue weighted by molar-refractivity contribution is 0.104. The van der Waals surface area contributed by atoms with Crippen LogP contribution >= 0.6 is 0 Å². The number of nitrogens with zero attached hydrogens (tertiary/aromatic N) is 2. The first-order valence-electron chi connectivity index (χ1n) is 6.26. The number of rotatable bonds is 3. The van der Waals surface area contributed by atoms with Crippen molar-refractivity contribution in [2.75, 3.05) is 46.4 Å². The SMILES string of the molecule is CC.CN1CCN(CC2(CO)CC2)CC1. The summed E-state index contributed by atoms with van der Waals surface area (Å²) >= 11 is 0. The minimum absolute atomic E-state index is 0.301. The number of aliphatic hydroxyl groups excluding tert-OH is 1. The number of hydrogen-bond donors (Lipinski definition) is 1. The Labute approximate surface area is 94.1 Å². The van der Waals surface area contributed by atoms with Gasteiger partial charge in [0.05, 0.1) is 0 Å². The van der Waals surface area contributed by atoms with E-state index in [0.717, 1.165) is 6.54 Å². The molecule has 0 radical (unpaired) electrons. The molecule has 3 heteroatoms. The van der Waals surface area contributed by atoms with Crippen molar-refractivity contribution in [1.82, 2.24) is 9.80 Å². The van der Waals surface area contributed by atoms with Crippen molar-refractivity contribution in [3.8, 4) is 0 Å². The quantitative estimate of drug-likeness (QED) is 0.760. The van der Waals surface area contributed by atoms with E-state index in [1.54, 1.807) is 0 Å². The van der Waals surface area contributed by atoms with Gasteiger partial charge in [-0.1, -0.05) is 13.8 Å². The first-order chi connectivity index (χ1) is 7.24. The Morgan fingerprint density at radius 3 is 2.00 bits per heavy atom. The zero-order valence-electron chi connectivity index (χ0n) is 10.5. The highest BCUT2D eigenvalue weighted by molar-refractivity contribution is 4.95. The van der Waals surface area contributed by atoms with Crippen molar-refractivity contribution in [3.63, 3.8) is 0 Å². The van der Waals surface area contributed by atoms with Crippen LogP contribution in [-0.2, 0) is 0 Å². The van der Waals surface area contributed by atoms with Crippen molar-refractivity contribution in [3.05, 3.63) is 0 Å². The zero-order valence-corrected chi connectivity index (χ0v) is 10.5. The average Bonchev–Trinajstić information content (AvgIpc) is 3.05. The van der Waals surface area contributed by atoms with Crippen molar-refractivity contribution >= 4 is 0 Å². The minimum atomic E-state index is 0.301. The van der Waals surface area contributed by atoms with Crippen LogP contribution in [0.5, 0.6) is 0 Å². The highest BCUT2D eigenvalue weighted by atomic mass is 16.3. The summed E-state index contributed by atoms with van der Waals surface area (Å²) in [5, 5.41) is 9.20. The van der Waals surface area contributed by atoms with E-state index in [0.29, 0.717) is 12.0 Å². The molecule has 1 heterocycles. The van der Waals surface area contributed by atoms with E-state index in [4.69, 9.17) is 0 Å². The predicted octanol–water partition coefficient (Wildman–Crippen LogP) is 1.03. The summed E-state index contributed by atoms with van der Waals surface area (Å²) in [6.45, 7) is 10.2. The third-order valence-electron chi connectivity index (χ3n) is 3.45. The molecule has 0 aromatic rings. The molecule has 1 aliphatic carbocycles. The summed E-state index contributed by atoms with van der Waals surface area (Å²) < 4.78 is 0. The Hall–Kier alpha value is -0.120.